The Bertz CT molecular complexity index is 187. The van der Waals surface area contributed by atoms with E-state index in [1.807, 2.05) is 0 Å². The third-order valence-electron chi connectivity index (χ3n) is 4.06. The molecule has 0 aromatic heterocycles. The van der Waals surface area contributed by atoms with Crippen molar-refractivity contribution in [3.63, 3.8) is 0 Å². The molecule has 0 unspecified atom stereocenters. The fourth-order valence-corrected chi connectivity index (χ4v) is 1.35. The number of rotatable bonds is 4. The molecule has 1 heteroatoms. The maximum atomic E-state index is 12.4. The molecule has 0 saturated heterocycles. The van der Waals surface area contributed by atoms with Gasteiger partial charge in [0, 0.05) is 10.8 Å². The molecule has 0 heterocycles. The maximum Gasteiger partial charge on any atom is 0.144 e. The van der Waals surface area contributed by atoms with Crippen LogP contribution >= 0.6 is 0 Å². The molecule has 14 heavy (non-hydrogen) atoms. The van der Waals surface area contributed by atoms with Gasteiger partial charge in [-0.2, -0.15) is 0 Å². The number of carbonyl (C=O) groups is 1. The predicted molar refractivity (Wildman–Crippen MR) is 62.2 cm³/mol. The van der Waals surface area contributed by atoms with Gasteiger partial charge in [-0.1, -0.05) is 55.4 Å². The van der Waals surface area contributed by atoms with Crippen molar-refractivity contribution in [2.45, 2.75) is 55.4 Å². The molecule has 0 aliphatic rings. The lowest BCUT2D eigenvalue weighted by Crippen LogP contribution is -2.42. The lowest BCUT2D eigenvalue weighted by molar-refractivity contribution is -0.140. The summed E-state index contributed by atoms with van der Waals surface area (Å²) in [5, 5.41) is 0. The Morgan fingerprint density at radius 2 is 1.00 bits per heavy atom. The van der Waals surface area contributed by atoms with Crippen molar-refractivity contribution in [2.24, 2.45) is 22.7 Å². The SMILES string of the molecule is CC(C)C(C)(C)C(=O)C(C)(C)C(C)C. The smallest absolute Gasteiger partial charge is 0.144 e. The molecule has 1 nitrogen and oxygen atoms in total. The van der Waals surface area contributed by atoms with Gasteiger partial charge in [0.25, 0.3) is 0 Å². The first kappa shape index (κ1) is 13.7. The van der Waals surface area contributed by atoms with Gasteiger partial charge in [0.1, 0.15) is 5.78 Å². The molecule has 84 valence electrons. The van der Waals surface area contributed by atoms with Crippen LogP contribution in [0.5, 0.6) is 0 Å². The van der Waals surface area contributed by atoms with E-state index in [2.05, 4.69) is 55.4 Å². The van der Waals surface area contributed by atoms with E-state index in [1.165, 1.54) is 0 Å². The van der Waals surface area contributed by atoms with E-state index in [0.29, 0.717) is 17.6 Å². The second kappa shape index (κ2) is 4.04. The molecule has 0 aromatic carbocycles. The summed E-state index contributed by atoms with van der Waals surface area (Å²) in [5.41, 5.74) is -0.429. The summed E-state index contributed by atoms with van der Waals surface area (Å²) < 4.78 is 0. The van der Waals surface area contributed by atoms with Gasteiger partial charge in [0.05, 0.1) is 0 Å². The van der Waals surface area contributed by atoms with Gasteiger partial charge in [-0.15, -0.1) is 0 Å². The lowest BCUT2D eigenvalue weighted by Gasteiger charge is -2.38. The molecule has 0 spiro atoms. The summed E-state index contributed by atoms with van der Waals surface area (Å²) in [6.07, 6.45) is 0. The number of Topliss-reactive ketones (excluding diaryl/α,β-unsaturated/α-hetero) is 1. The molecule has 0 aliphatic heterocycles. The van der Waals surface area contributed by atoms with Gasteiger partial charge in [0.15, 0.2) is 0 Å². The van der Waals surface area contributed by atoms with E-state index in [9.17, 15) is 4.79 Å². The molecule has 0 rings (SSSR count). The first-order valence-electron chi connectivity index (χ1n) is 5.59. The summed E-state index contributed by atoms with van der Waals surface area (Å²) in [4.78, 5) is 12.4. The van der Waals surface area contributed by atoms with Crippen molar-refractivity contribution in [2.75, 3.05) is 0 Å². The lowest BCUT2D eigenvalue weighted by atomic mass is 9.64. The van der Waals surface area contributed by atoms with Crippen LogP contribution in [-0.2, 0) is 4.79 Å². The van der Waals surface area contributed by atoms with Crippen molar-refractivity contribution in [3.05, 3.63) is 0 Å². The van der Waals surface area contributed by atoms with Crippen molar-refractivity contribution >= 4 is 5.78 Å². The zero-order valence-electron chi connectivity index (χ0n) is 11.1. The van der Waals surface area contributed by atoms with Crippen LogP contribution < -0.4 is 0 Å². The number of carbonyl (C=O) groups excluding carboxylic acids is 1. The van der Waals surface area contributed by atoms with Crippen LogP contribution in [0.2, 0.25) is 0 Å². The molecule has 0 atom stereocenters. The quantitative estimate of drug-likeness (QED) is 0.669. The van der Waals surface area contributed by atoms with Gasteiger partial charge in [0.2, 0.25) is 0 Å². The van der Waals surface area contributed by atoms with Crippen LogP contribution in [0.25, 0.3) is 0 Å². The second-order valence-corrected chi connectivity index (χ2v) is 6.08. The van der Waals surface area contributed by atoms with Crippen LogP contribution in [0, 0.1) is 22.7 Å². The highest BCUT2D eigenvalue weighted by Gasteiger charge is 2.42. The van der Waals surface area contributed by atoms with Crippen molar-refractivity contribution in [3.8, 4) is 0 Å². The molecule has 0 fully saturated rings. The second-order valence-electron chi connectivity index (χ2n) is 6.08. The van der Waals surface area contributed by atoms with Gasteiger partial charge >= 0.3 is 0 Å². The monoisotopic (exact) mass is 198 g/mol. The summed E-state index contributed by atoms with van der Waals surface area (Å²) in [5.74, 6) is 1.18. The Morgan fingerprint density at radius 3 is 1.14 bits per heavy atom. The molecule has 0 N–H and O–H groups in total. The third kappa shape index (κ3) is 2.37. The zero-order chi connectivity index (χ0) is 11.7. The maximum absolute atomic E-state index is 12.4. The van der Waals surface area contributed by atoms with Gasteiger partial charge < -0.3 is 0 Å². The number of ketones is 1. The molecular formula is C13H26O. The summed E-state index contributed by atoms with van der Waals surface area (Å²) in [6.45, 7) is 16.7. The molecule has 0 saturated carbocycles. The number of hydrogen-bond donors (Lipinski definition) is 0. The van der Waals surface area contributed by atoms with Crippen LogP contribution in [-0.4, -0.2) is 5.78 Å². The predicted octanol–water partition coefficient (Wildman–Crippen LogP) is 3.92. The molecule has 0 amide bonds. The van der Waals surface area contributed by atoms with Gasteiger partial charge in [-0.25, -0.2) is 0 Å². The van der Waals surface area contributed by atoms with Gasteiger partial charge in [-0.3, -0.25) is 4.79 Å². The highest BCUT2D eigenvalue weighted by molar-refractivity contribution is 5.89. The normalized spacial score (nSPS) is 13.9. The van der Waals surface area contributed by atoms with Crippen LogP contribution in [0.1, 0.15) is 55.4 Å². The summed E-state index contributed by atoms with van der Waals surface area (Å²) >= 11 is 0. The summed E-state index contributed by atoms with van der Waals surface area (Å²) in [7, 11) is 0. The zero-order valence-corrected chi connectivity index (χ0v) is 11.1. The fraction of sp³-hybridized carbons (Fsp3) is 0.923. The highest BCUT2D eigenvalue weighted by atomic mass is 16.1. The first-order valence-corrected chi connectivity index (χ1v) is 5.59. The molecule has 0 bridgehead atoms. The Labute approximate surface area is 89.3 Å². The molecule has 0 aliphatic carbocycles. The highest BCUT2D eigenvalue weighted by Crippen LogP contribution is 2.39. The van der Waals surface area contributed by atoms with E-state index >= 15 is 0 Å². The minimum Gasteiger partial charge on any atom is -0.298 e. The topological polar surface area (TPSA) is 17.1 Å². The minimum atomic E-state index is -0.215. The molecule has 0 aromatic rings. The Kier molecular flexibility index (Phi) is 3.94. The number of hydrogen-bond acceptors (Lipinski definition) is 1. The third-order valence-corrected chi connectivity index (χ3v) is 4.06. The van der Waals surface area contributed by atoms with Gasteiger partial charge in [-0.05, 0) is 11.8 Å². The molecule has 0 radical (unpaired) electrons. The minimum absolute atomic E-state index is 0.215. The van der Waals surface area contributed by atoms with E-state index in [1.54, 1.807) is 0 Å². The fourth-order valence-electron chi connectivity index (χ4n) is 1.35. The van der Waals surface area contributed by atoms with E-state index in [-0.39, 0.29) is 10.8 Å². The molecular weight excluding hydrogens is 172 g/mol. The van der Waals surface area contributed by atoms with Crippen molar-refractivity contribution in [1.29, 1.82) is 0 Å². The average Bonchev–Trinajstić information content (AvgIpc) is 2.02. The largest absolute Gasteiger partial charge is 0.298 e. The van der Waals surface area contributed by atoms with E-state index in [0.717, 1.165) is 0 Å². The van der Waals surface area contributed by atoms with Crippen molar-refractivity contribution < 1.29 is 4.79 Å². The Morgan fingerprint density at radius 1 is 0.786 bits per heavy atom. The first-order chi connectivity index (χ1) is 6.04. The Balaban J connectivity index is 4.96. The summed E-state index contributed by atoms with van der Waals surface area (Å²) in [6, 6.07) is 0. The van der Waals surface area contributed by atoms with Crippen LogP contribution in [0.3, 0.4) is 0 Å². The van der Waals surface area contributed by atoms with Crippen LogP contribution in [0.15, 0.2) is 0 Å². The van der Waals surface area contributed by atoms with Crippen molar-refractivity contribution in [1.82, 2.24) is 0 Å². The van der Waals surface area contributed by atoms with E-state index < -0.39 is 0 Å². The standard InChI is InChI=1S/C13H26O/c1-9(2)12(5,6)11(14)13(7,8)10(3)4/h9-10H,1-8H3. The van der Waals surface area contributed by atoms with Crippen LogP contribution in [0.4, 0.5) is 0 Å². The average molecular weight is 198 g/mol. The van der Waals surface area contributed by atoms with E-state index in [4.69, 9.17) is 0 Å². The Hall–Kier alpha value is -0.330.